The van der Waals surface area contributed by atoms with E-state index in [1.807, 2.05) is 30.3 Å². The molecule has 0 spiro atoms. The summed E-state index contributed by atoms with van der Waals surface area (Å²) in [6.07, 6.45) is 0. The first kappa shape index (κ1) is 22.0. The molecule has 4 rings (SSSR count). The van der Waals surface area contributed by atoms with E-state index in [0.717, 1.165) is 31.7 Å². The van der Waals surface area contributed by atoms with Gasteiger partial charge in [0.25, 0.3) is 0 Å². The molecule has 32 heavy (non-hydrogen) atoms. The molecule has 0 aliphatic carbocycles. The molecule has 2 unspecified atom stereocenters. The largest absolute Gasteiger partial charge is 0.427 e. The van der Waals surface area contributed by atoms with Gasteiger partial charge >= 0.3 is 17.9 Å². The van der Waals surface area contributed by atoms with Crippen molar-refractivity contribution >= 4 is 17.9 Å². The van der Waals surface area contributed by atoms with Gasteiger partial charge in [-0.3, -0.25) is 24.2 Å². The zero-order valence-corrected chi connectivity index (χ0v) is 18.4. The molecule has 0 radical (unpaired) electrons. The number of esters is 3. The van der Waals surface area contributed by atoms with Crippen LogP contribution in [0.1, 0.15) is 31.9 Å². The summed E-state index contributed by atoms with van der Waals surface area (Å²) in [5.41, 5.74) is 2.18. The molecule has 2 heterocycles. The van der Waals surface area contributed by atoms with Crippen molar-refractivity contribution in [2.24, 2.45) is 0 Å². The summed E-state index contributed by atoms with van der Waals surface area (Å²) >= 11 is 0. The van der Waals surface area contributed by atoms with Crippen molar-refractivity contribution in [2.45, 2.75) is 45.9 Å². The van der Waals surface area contributed by atoms with Crippen LogP contribution in [0, 0.1) is 0 Å². The van der Waals surface area contributed by atoms with Gasteiger partial charge in [-0.1, -0.05) is 18.2 Å². The molecule has 0 N–H and O–H groups in total. The minimum atomic E-state index is -0.465. The first-order valence-corrected chi connectivity index (χ1v) is 10.5. The van der Waals surface area contributed by atoms with Crippen molar-refractivity contribution < 1.29 is 28.6 Å². The number of carbonyl (C=O) groups is 3. The minimum Gasteiger partial charge on any atom is -0.427 e. The van der Waals surface area contributed by atoms with E-state index in [1.165, 1.54) is 26.3 Å². The van der Waals surface area contributed by atoms with Gasteiger partial charge in [0.15, 0.2) is 11.5 Å². The summed E-state index contributed by atoms with van der Waals surface area (Å²) < 4.78 is 15.4. The molecule has 0 saturated carbocycles. The summed E-state index contributed by atoms with van der Waals surface area (Å²) in [6.45, 7) is 7.56. The van der Waals surface area contributed by atoms with Gasteiger partial charge in [-0.15, -0.1) is 0 Å². The van der Waals surface area contributed by atoms with Gasteiger partial charge in [-0.05, 0) is 35.4 Å². The number of rotatable bonds is 7. The second kappa shape index (κ2) is 9.10. The number of likely N-dealkylation sites (tertiary alicyclic amines) is 2. The Bertz CT molecular complexity index is 1040. The van der Waals surface area contributed by atoms with E-state index < -0.39 is 11.9 Å². The number of benzene rings is 2. The second-order valence-corrected chi connectivity index (χ2v) is 8.20. The van der Waals surface area contributed by atoms with Gasteiger partial charge in [0.05, 0.1) is 0 Å². The molecule has 8 heteroatoms. The van der Waals surface area contributed by atoms with E-state index in [9.17, 15) is 14.4 Å². The zero-order chi connectivity index (χ0) is 22.8. The monoisotopic (exact) mass is 438 g/mol. The van der Waals surface area contributed by atoms with Crippen molar-refractivity contribution in [3.8, 4) is 17.2 Å². The number of hydrogen-bond donors (Lipinski definition) is 0. The Kier molecular flexibility index (Phi) is 6.25. The predicted molar refractivity (Wildman–Crippen MR) is 115 cm³/mol. The van der Waals surface area contributed by atoms with Gasteiger partial charge in [0.2, 0.25) is 0 Å². The summed E-state index contributed by atoms with van der Waals surface area (Å²) in [5.74, 6) is -0.186. The van der Waals surface area contributed by atoms with Crippen LogP contribution in [0.4, 0.5) is 0 Å². The van der Waals surface area contributed by atoms with Crippen LogP contribution in [0.3, 0.4) is 0 Å². The standard InChI is InChI=1S/C24H26N2O6/c1-15(27)30-20-7-4-18(5-8-20)11-25-13-22-21(25)14-26(22)12-19-6-9-23(31-16(2)28)24(10-19)32-17(3)29/h4-10,21-22H,11-14H2,1-3H3. The molecule has 2 atom stereocenters. The van der Waals surface area contributed by atoms with E-state index in [-0.39, 0.29) is 17.5 Å². The molecule has 0 amide bonds. The molecule has 0 aromatic heterocycles. The Hall–Kier alpha value is -3.23. The van der Waals surface area contributed by atoms with Crippen molar-refractivity contribution in [1.29, 1.82) is 0 Å². The second-order valence-electron chi connectivity index (χ2n) is 8.20. The van der Waals surface area contributed by atoms with Crippen LogP contribution < -0.4 is 14.2 Å². The number of carbonyl (C=O) groups excluding carboxylic acids is 3. The fourth-order valence-electron chi connectivity index (χ4n) is 4.22. The van der Waals surface area contributed by atoms with Crippen LogP contribution in [0.5, 0.6) is 17.2 Å². The Balaban J connectivity index is 1.31. The van der Waals surface area contributed by atoms with Crippen molar-refractivity contribution in [1.82, 2.24) is 9.80 Å². The maximum absolute atomic E-state index is 11.4. The lowest BCUT2D eigenvalue weighted by atomic mass is 9.84. The predicted octanol–water partition coefficient (Wildman–Crippen LogP) is 2.53. The Labute approximate surface area is 186 Å². The third-order valence-electron chi connectivity index (χ3n) is 5.70. The summed E-state index contributed by atoms with van der Waals surface area (Å²) in [5, 5.41) is 0. The van der Waals surface area contributed by atoms with Gasteiger partial charge in [0.1, 0.15) is 5.75 Å². The van der Waals surface area contributed by atoms with Crippen molar-refractivity contribution in [2.75, 3.05) is 13.1 Å². The average molecular weight is 438 g/mol. The lowest BCUT2D eigenvalue weighted by Crippen LogP contribution is -2.77. The highest BCUT2D eigenvalue weighted by molar-refractivity contribution is 5.73. The molecule has 168 valence electrons. The third-order valence-corrected chi connectivity index (χ3v) is 5.70. The molecule has 2 aromatic rings. The molecule has 2 aliphatic heterocycles. The van der Waals surface area contributed by atoms with E-state index in [1.54, 1.807) is 12.1 Å². The van der Waals surface area contributed by atoms with Crippen LogP contribution in [-0.4, -0.2) is 52.9 Å². The zero-order valence-electron chi connectivity index (χ0n) is 18.4. The van der Waals surface area contributed by atoms with Crippen molar-refractivity contribution in [3.63, 3.8) is 0 Å². The third kappa shape index (κ3) is 4.98. The lowest BCUT2D eigenvalue weighted by molar-refractivity contribution is -0.134. The van der Waals surface area contributed by atoms with Gasteiger partial charge in [0, 0.05) is 59.0 Å². The Morgan fingerprint density at radius 2 is 1.22 bits per heavy atom. The Morgan fingerprint density at radius 1 is 0.719 bits per heavy atom. The maximum atomic E-state index is 11.4. The molecule has 8 nitrogen and oxygen atoms in total. The maximum Gasteiger partial charge on any atom is 0.308 e. The van der Waals surface area contributed by atoms with Crippen LogP contribution in [-0.2, 0) is 27.5 Å². The SMILES string of the molecule is CC(=O)Oc1ccc(CN2CC3C2CN3Cc2ccc(OC(C)=O)c(OC(C)=O)c2)cc1. The first-order chi connectivity index (χ1) is 15.3. The smallest absolute Gasteiger partial charge is 0.308 e. The molecule has 2 aromatic carbocycles. The summed E-state index contributed by atoms with van der Waals surface area (Å²) in [4.78, 5) is 38.5. The van der Waals surface area contributed by atoms with Gasteiger partial charge < -0.3 is 14.2 Å². The lowest BCUT2D eigenvalue weighted by Gasteiger charge is -2.62. The number of ether oxygens (including phenoxy) is 3. The Morgan fingerprint density at radius 3 is 1.75 bits per heavy atom. The summed E-state index contributed by atoms with van der Waals surface area (Å²) in [6, 6.07) is 14.0. The molecule has 2 saturated heterocycles. The highest BCUT2D eigenvalue weighted by Crippen LogP contribution is 2.37. The minimum absolute atomic E-state index is 0.243. The number of nitrogens with zero attached hydrogens (tertiary/aromatic N) is 2. The summed E-state index contributed by atoms with van der Waals surface area (Å²) in [7, 11) is 0. The normalized spacial score (nSPS) is 19.8. The van der Waals surface area contributed by atoms with E-state index in [0.29, 0.717) is 17.8 Å². The fraction of sp³-hybridized carbons (Fsp3) is 0.375. The van der Waals surface area contributed by atoms with Gasteiger partial charge in [-0.25, -0.2) is 0 Å². The van der Waals surface area contributed by atoms with E-state index in [2.05, 4.69) is 9.80 Å². The van der Waals surface area contributed by atoms with Gasteiger partial charge in [-0.2, -0.15) is 0 Å². The molecule has 2 fully saturated rings. The first-order valence-electron chi connectivity index (χ1n) is 10.5. The molecular formula is C24H26N2O6. The number of piperazine rings is 1. The van der Waals surface area contributed by atoms with E-state index in [4.69, 9.17) is 14.2 Å². The molecular weight excluding hydrogens is 412 g/mol. The van der Waals surface area contributed by atoms with Crippen LogP contribution >= 0.6 is 0 Å². The molecule has 0 bridgehead atoms. The molecule has 2 aliphatic rings. The fourth-order valence-corrected chi connectivity index (χ4v) is 4.22. The van der Waals surface area contributed by atoms with Crippen LogP contribution in [0.25, 0.3) is 0 Å². The average Bonchev–Trinajstić information content (AvgIpc) is 2.70. The highest BCUT2D eigenvalue weighted by atomic mass is 16.6. The van der Waals surface area contributed by atoms with Crippen molar-refractivity contribution in [3.05, 3.63) is 53.6 Å². The van der Waals surface area contributed by atoms with Crippen LogP contribution in [0.2, 0.25) is 0 Å². The highest BCUT2D eigenvalue weighted by Gasteiger charge is 2.50. The number of fused-ring (bicyclic) bond motifs is 1. The number of hydrogen-bond acceptors (Lipinski definition) is 8. The topological polar surface area (TPSA) is 85.4 Å². The van der Waals surface area contributed by atoms with E-state index >= 15 is 0 Å². The quantitative estimate of drug-likeness (QED) is 0.482. The van der Waals surface area contributed by atoms with Crippen LogP contribution in [0.15, 0.2) is 42.5 Å².